The summed E-state index contributed by atoms with van der Waals surface area (Å²) in [4.78, 5) is 43.9. The van der Waals surface area contributed by atoms with Gasteiger partial charge in [0.05, 0.1) is 19.5 Å². The number of hydrogen-bond acceptors (Lipinski definition) is 8. The summed E-state index contributed by atoms with van der Waals surface area (Å²) in [5.41, 5.74) is 1.42. The van der Waals surface area contributed by atoms with Gasteiger partial charge >= 0.3 is 0 Å². The Labute approximate surface area is 246 Å². The SMILES string of the molecule is COc1ccc(OC)c(/C=C(/NC(=O)c2ccccc2)C(=O)Nc2cccc(SC(C)C(=O)Nc3nccs3)c2)c1. The van der Waals surface area contributed by atoms with E-state index in [1.165, 1.54) is 43.4 Å². The Kier molecular flexibility index (Phi) is 10.1. The Morgan fingerprint density at radius 3 is 2.46 bits per heavy atom. The van der Waals surface area contributed by atoms with E-state index in [0.717, 1.165) is 4.90 Å². The topological polar surface area (TPSA) is 119 Å². The summed E-state index contributed by atoms with van der Waals surface area (Å²) in [5.74, 6) is -0.119. The smallest absolute Gasteiger partial charge is 0.272 e. The molecule has 0 spiro atoms. The van der Waals surface area contributed by atoms with Crippen LogP contribution in [0, 0.1) is 0 Å². The highest BCUT2D eigenvalue weighted by molar-refractivity contribution is 8.00. The number of thiazole rings is 1. The highest BCUT2D eigenvalue weighted by Crippen LogP contribution is 2.28. The van der Waals surface area contributed by atoms with Crippen molar-refractivity contribution in [3.63, 3.8) is 0 Å². The number of thioether (sulfide) groups is 1. The number of aromatic nitrogens is 1. The molecule has 210 valence electrons. The molecule has 1 unspecified atom stereocenters. The molecule has 0 saturated carbocycles. The zero-order chi connectivity index (χ0) is 29.2. The molecule has 41 heavy (non-hydrogen) atoms. The molecule has 0 saturated heterocycles. The summed E-state index contributed by atoms with van der Waals surface area (Å²) in [6.45, 7) is 1.79. The van der Waals surface area contributed by atoms with Gasteiger partial charge in [-0.15, -0.1) is 23.1 Å². The van der Waals surface area contributed by atoms with Crippen molar-refractivity contribution in [2.24, 2.45) is 0 Å². The predicted octanol–water partition coefficient (Wildman–Crippen LogP) is 5.69. The first-order valence-electron chi connectivity index (χ1n) is 12.4. The van der Waals surface area contributed by atoms with Crippen LogP contribution in [0.25, 0.3) is 6.08 Å². The molecule has 1 heterocycles. The molecule has 11 heteroatoms. The summed E-state index contributed by atoms with van der Waals surface area (Å²) in [5, 5.41) is 10.3. The van der Waals surface area contributed by atoms with Crippen LogP contribution in [0.1, 0.15) is 22.8 Å². The molecule has 4 rings (SSSR count). The largest absolute Gasteiger partial charge is 0.497 e. The van der Waals surface area contributed by atoms with Gasteiger partial charge in [0.2, 0.25) is 5.91 Å². The van der Waals surface area contributed by atoms with E-state index in [2.05, 4.69) is 20.9 Å². The van der Waals surface area contributed by atoms with E-state index in [1.807, 2.05) is 6.07 Å². The number of carbonyl (C=O) groups excluding carboxylic acids is 3. The standard InChI is InChI=1S/C30H28N4O5S2/c1-19(27(35)34-30-31-14-15-40-30)41-24-11-7-10-22(18-24)32-29(37)25(33-28(36)20-8-5-4-6-9-20)17-21-16-23(38-2)12-13-26(21)39-3/h4-19H,1-3H3,(H,32,37)(H,33,36)(H,31,34,35)/b25-17+. The first kappa shape index (κ1) is 29.4. The lowest BCUT2D eigenvalue weighted by atomic mass is 10.1. The van der Waals surface area contributed by atoms with Crippen molar-refractivity contribution in [2.75, 3.05) is 24.9 Å². The summed E-state index contributed by atoms with van der Waals surface area (Å²) < 4.78 is 10.8. The highest BCUT2D eigenvalue weighted by atomic mass is 32.2. The number of benzene rings is 3. The van der Waals surface area contributed by atoms with Crippen LogP contribution < -0.4 is 25.4 Å². The predicted molar refractivity (Wildman–Crippen MR) is 163 cm³/mol. The number of carbonyl (C=O) groups is 3. The minimum absolute atomic E-state index is 0.000319. The first-order chi connectivity index (χ1) is 19.9. The average Bonchev–Trinajstić information content (AvgIpc) is 3.50. The third kappa shape index (κ3) is 8.19. The second-order valence-electron chi connectivity index (χ2n) is 8.55. The lowest BCUT2D eigenvalue weighted by molar-refractivity contribution is -0.115. The van der Waals surface area contributed by atoms with E-state index in [1.54, 1.807) is 85.2 Å². The van der Waals surface area contributed by atoms with Gasteiger partial charge in [-0.1, -0.05) is 24.3 Å². The van der Waals surface area contributed by atoms with Gasteiger partial charge in [-0.25, -0.2) is 4.98 Å². The Bertz CT molecular complexity index is 1540. The number of nitrogens with one attached hydrogen (secondary N) is 3. The van der Waals surface area contributed by atoms with Crippen molar-refractivity contribution in [3.8, 4) is 11.5 Å². The van der Waals surface area contributed by atoms with E-state index >= 15 is 0 Å². The van der Waals surface area contributed by atoms with Gasteiger partial charge in [0.15, 0.2) is 5.13 Å². The van der Waals surface area contributed by atoms with Gasteiger partial charge in [-0.3, -0.25) is 14.4 Å². The molecule has 0 aliphatic carbocycles. The van der Waals surface area contributed by atoms with Gasteiger partial charge in [-0.2, -0.15) is 0 Å². The van der Waals surface area contributed by atoms with Crippen molar-refractivity contribution in [1.29, 1.82) is 0 Å². The molecule has 3 N–H and O–H groups in total. The van der Waals surface area contributed by atoms with E-state index in [4.69, 9.17) is 9.47 Å². The van der Waals surface area contributed by atoms with Gasteiger partial charge in [0.25, 0.3) is 11.8 Å². The number of rotatable bonds is 11. The maximum Gasteiger partial charge on any atom is 0.272 e. The van der Waals surface area contributed by atoms with Crippen LogP contribution in [0.2, 0.25) is 0 Å². The van der Waals surface area contributed by atoms with E-state index < -0.39 is 17.1 Å². The lowest BCUT2D eigenvalue weighted by Gasteiger charge is -2.14. The summed E-state index contributed by atoms with van der Waals surface area (Å²) >= 11 is 2.69. The minimum atomic E-state index is -0.545. The third-order valence-electron chi connectivity index (χ3n) is 5.70. The normalized spacial score (nSPS) is 11.7. The Morgan fingerprint density at radius 2 is 1.76 bits per heavy atom. The summed E-state index contributed by atoms with van der Waals surface area (Å²) in [6.07, 6.45) is 3.15. The lowest BCUT2D eigenvalue weighted by Crippen LogP contribution is -2.30. The van der Waals surface area contributed by atoms with Gasteiger partial charge < -0.3 is 25.4 Å². The molecular formula is C30H28N4O5S2. The van der Waals surface area contributed by atoms with E-state index in [9.17, 15) is 14.4 Å². The van der Waals surface area contributed by atoms with Crippen molar-refractivity contribution < 1.29 is 23.9 Å². The van der Waals surface area contributed by atoms with Crippen molar-refractivity contribution in [2.45, 2.75) is 17.1 Å². The van der Waals surface area contributed by atoms with Crippen LogP contribution in [0.4, 0.5) is 10.8 Å². The highest BCUT2D eigenvalue weighted by Gasteiger charge is 2.18. The molecule has 4 aromatic rings. The van der Waals surface area contributed by atoms with Crippen LogP contribution >= 0.6 is 23.1 Å². The number of amides is 3. The second kappa shape index (κ2) is 14.1. The molecule has 9 nitrogen and oxygen atoms in total. The number of methoxy groups -OCH3 is 2. The minimum Gasteiger partial charge on any atom is -0.497 e. The Hall–Kier alpha value is -4.61. The molecule has 1 aromatic heterocycles. The van der Waals surface area contributed by atoms with Crippen molar-refractivity contribution in [3.05, 3.63) is 101 Å². The maximum atomic E-state index is 13.5. The van der Waals surface area contributed by atoms with Crippen LogP contribution in [-0.4, -0.2) is 42.2 Å². The van der Waals surface area contributed by atoms with Crippen molar-refractivity contribution >= 4 is 57.7 Å². The maximum absolute atomic E-state index is 13.5. The van der Waals surface area contributed by atoms with E-state index in [0.29, 0.717) is 33.4 Å². The average molecular weight is 589 g/mol. The number of hydrogen-bond donors (Lipinski definition) is 3. The monoisotopic (exact) mass is 588 g/mol. The molecular weight excluding hydrogens is 560 g/mol. The molecule has 3 amide bonds. The van der Waals surface area contributed by atoms with Gasteiger partial charge in [0.1, 0.15) is 17.2 Å². The fourth-order valence-corrected chi connectivity index (χ4v) is 5.10. The molecule has 0 fully saturated rings. The molecule has 3 aromatic carbocycles. The van der Waals surface area contributed by atoms with Crippen LogP contribution in [0.5, 0.6) is 11.5 Å². The summed E-state index contributed by atoms with van der Waals surface area (Å²) in [6, 6.07) is 20.9. The zero-order valence-electron chi connectivity index (χ0n) is 22.5. The number of anilines is 2. The van der Waals surface area contributed by atoms with Crippen LogP contribution in [0.3, 0.4) is 0 Å². The van der Waals surface area contributed by atoms with Gasteiger partial charge in [0, 0.05) is 33.3 Å². The number of ether oxygens (including phenoxy) is 2. The van der Waals surface area contributed by atoms with Crippen LogP contribution in [-0.2, 0) is 9.59 Å². The molecule has 0 radical (unpaired) electrons. The van der Waals surface area contributed by atoms with Crippen LogP contribution in [0.15, 0.2) is 95.0 Å². The fraction of sp³-hybridized carbons (Fsp3) is 0.133. The quantitative estimate of drug-likeness (QED) is 0.152. The molecule has 0 aliphatic heterocycles. The second-order valence-corrected chi connectivity index (χ2v) is 10.9. The fourth-order valence-electron chi connectivity index (χ4n) is 3.65. The molecule has 0 bridgehead atoms. The number of nitrogens with zero attached hydrogens (tertiary/aromatic N) is 1. The van der Waals surface area contributed by atoms with E-state index in [-0.39, 0.29) is 11.6 Å². The Balaban J connectivity index is 1.55. The first-order valence-corrected chi connectivity index (χ1v) is 14.2. The zero-order valence-corrected chi connectivity index (χ0v) is 24.2. The third-order valence-corrected chi connectivity index (χ3v) is 7.48. The molecule has 0 aliphatic rings. The van der Waals surface area contributed by atoms with Crippen molar-refractivity contribution in [1.82, 2.24) is 10.3 Å². The molecule has 1 atom stereocenters. The Morgan fingerprint density at radius 1 is 0.951 bits per heavy atom. The summed E-state index contributed by atoms with van der Waals surface area (Å²) in [7, 11) is 3.05. The van der Waals surface area contributed by atoms with Gasteiger partial charge in [-0.05, 0) is 61.5 Å².